The standard InChI is InChI=1S/C23H25N3O4/c1-29-20-8-6-15(7-9-20)22-12-21(26-30-22)23(28)25-14-19(27)13-24-18-10-16-4-2-3-5-17(16)11-18/h2-9,12,18-19,24,27H,10-11,13-14H2,1H3,(H,25,28). The number of methoxy groups -OCH3 is 1. The quantitative estimate of drug-likeness (QED) is 0.530. The van der Waals surface area contributed by atoms with E-state index < -0.39 is 6.10 Å². The Bertz CT molecular complexity index is 975. The molecule has 4 rings (SSSR count). The zero-order valence-electron chi connectivity index (χ0n) is 16.8. The number of hydrogen-bond donors (Lipinski definition) is 3. The van der Waals surface area contributed by atoms with E-state index >= 15 is 0 Å². The first-order valence-electron chi connectivity index (χ1n) is 10.00. The second-order valence-corrected chi connectivity index (χ2v) is 7.45. The summed E-state index contributed by atoms with van der Waals surface area (Å²) in [7, 11) is 1.60. The van der Waals surface area contributed by atoms with Crippen molar-refractivity contribution in [3.8, 4) is 17.1 Å². The Morgan fingerprint density at radius 3 is 2.53 bits per heavy atom. The minimum absolute atomic E-state index is 0.135. The van der Waals surface area contributed by atoms with Gasteiger partial charge < -0.3 is 25.0 Å². The number of ether oxygens (including phenoxy) is 1. The fourth-order valence-corrected chi connectivity index (χ4v) is 3.65. The number of benzene rings is 2. The minimum atomic E-state index is -0.689. The molecular formula is C23H25N3O4. The van der Waals surface area contributed by atoms with Crippen LogP contribution in [0.2, 0.25) is 0 Å². The molecule has 3 aromatic rings. The zero-order valence-corrected chi connectivity index (χ0v) is 16.8. The van der Waals surface area contributed by atoms with Gasteiger partial charge in [-0.25, -0.2) is 0 Å². The lowest BCUT2D eigenvalue weighted by Gasteiger charge is -2.16. The summed E-state index contributed by atoms with van der Waals surface area (Å²) in [5, 5.41) is 20.1. The van der Waals surface area contributed by atoms with Crippen LogP contribution >= 0.6 is 0 Å². The van der Waals surface area contributed by atoms with Gasteiger partial charge in [0.25, 0.3) is 5.91 Å². The van der Waals surface area contributed by atoms with Gasteiger partial charge >= 0.3 is 0 Å². The van der Waals surface area contributed by atoms with E-state index in [1.54, 1.807) is 13.2 Å². The SMILES string of the molecule is COc1ccc(-c2cc(C(=O)NCC(O)CNC3Cc4ccccc4C3)no2)cc1. The molecule has 1 aliphatic carbocycles. The van der Waals surface area contributed by atoms with Gasteiger partial charge in [-0.1, -0.05) is 29.4 Å². The van der Waals surface area contributed by atoms with Crippen LogP contribution in [0.4, 0.5) is 0 Å². The van der Waals surface area contributed by atoms with Crippen molar-refractivity contribution in [3.63, 3.8) is 0 Å². The van der Waals surface area contributed by atoms with Gasteiger partial charge in [0.05, 0.1) is 13.2 Å². The number of carbonyl (C=O) groups excluding carboxylic acids is 1. The topological polar surface area (TPSA) is 96.6 Å². The maximum Gasteiger partial charge on any atom is 0.273 e. The van der Waals surface area contributed by atoms with Crippen molar-refractivity contribution in [3.05, 3.63) is 71.4 Å². The Morgan fingerprint density at radius 1 is 1.17 bits per heavy atom. The van der Waals surface area contributed by atoms with E-state index in [1.165, 1.54) is 11.1 Å². The number of aromatic nitrogens is 1. The van der Waals surface area contributed by atoms with E-state index in [-0.39, 0.29) is 18.1 Å². The zero-order chi connectivity index (χ0) is 20.9. The molecule has 7 nitrogen and oxygen atoms in total. The molecule has 0 aliphatic heterocycles. The second kappa shape index (κ2) is 9.11. The van der Waals surface area contributed by atoms with Crippen molar-refractivity contribution in [2.75, 3.05) is 20.2 Å². The number of nitrogens with zero attached hydrogens (tertiary/aromatic N) is 1. The molecule has 0 radical (unpaired) electrons. The van der Waals surface area contributed by atoms with Crippen LogP contribution in [0, 0.1) is 0 Å². The van der Waals surface area contributed by atoms with Crippen LogP contribution in [0.5, 0.6) is 5.75 Å². The van der Waals surface area contributed by atoms with E-state index in [0.29, 0.717) is 18.3 Å². The number of rotatable bonds is 8. The van der Waals surface area contributed by atoms with Crippen LogP contribution in [-0.4, -0.2) is 48.5 Å². The second-order valence-electron chi connectivity index (χ2n) is 7.45. The maximum atomic E-state index is 12.3. The molecule has 0 spiro atoms. The number of carbonyl (C=O) groups is 1. The summed E-state index contributed by atoms with van der Waals surface area (Å²) in [6.07, 6.45) is 1.23. The summed E-state index contributed by atoms with van der Waals surface area (Å²) < 4.78 is 10.4. The van der Waals surface area contributed by atoms with Gasteiger partial charge in [0, 0.05) is 30.8 Å². The molecule has 156 valence electrons. The molecule has 7 heteroatoms. The van der Waals surface area contributed by atoms with Crippen molar-refractivity contribution >= 4 is 5.91 Å². The number of aliphatic hydroxyl groups excluding tert-OH is 1. The highest BCUT2D eigenvalue weighted by atomic mass is 16.5. The van der Waals surface area contributed by atoms with Gasteiger partial charge in [-0.2, -0.15) is 0 Å². The summed E-state index contributed by atoms with van der Waals surface area (Å²) in [4.78, 5) is 12.3. The smallest absolute Gasteiger partial charge is 0.273 e. The third-order valence-electron chi connectivity index (χ3n) is 5.31. The fraction of sp³-hybridized carbons (Fsp3) is 0.304. The van der Waals surface area contributed by atoms with E-state index in [4.69, 9.17) is 9.26 Å². The molecule has 0 saturated carbocycles. The lowest BCUT2D eigenvalue weighted by atomic mass is 10.1. The van der Waals surface area contributed by atoms with Crippen LogP contribution in [0.25, 0.3) is 11.3 Å². The minimum Gasteiger partial charge on any atom is -0.497 e. The number of aliphatic hydroxyl groups is 1. The Morgan fingerprint density at radius 2 is 1.87 bits per heavy atom. The summed E-state index contributed by atoms with van der Waals surface area (Å²) >= 11 is 0. The van der Waals surface area contributed by atoms with Gasteiger partial charge in [0.15, 0.2) is 11.5 Å². The van der Waals surface area contributed by atoms with E-state index in [0.717, 1.165) is 24.2 Å². The van der Waals surface area contributed by atoms with E-state index in [2.05, 4.69) is 40.1 Å². The van der Waals surface area contributed by atoms with Crippen LogP contribution in [-0.2, 0) is 12.8 Å². The third kappa shape index (κ3) is 4.69. The number of nitrogens with one attached hydrogen (secondary N) is 2. The van der Waals surface area contributed by atoms with Crippen molar-refractivity contribution in [2.45, 2.75) is 25.0 Å². The van der Waals surface area contributed by atoms with E-state index in [1.807, 2.05) is 24.3 Å². The molecule has 1 heterocycles. The van der Waals surface area contributed by atoms with Crippen LogP contribution in [0.1, 0.15) is 21.6 Å². The molecule has 3 N–H and O–H groups in total. The highest BCUT2D eigenvalue weighted by Crippen LogP contribution is 2.23. The molecule has 1 atom stereocenters. The molecule has 0 fully saturated rings. The average molecular weight is 407 g/mol. The number of fused-ring (bicyclic) bond motifs is 1. The highest BCUT2D eigenvalue weighted by Gasteiger charge is 2.21. The normalized spacial score (nSPS) is 14.3. The van der Waals surface area contributed by atoms with Crippen LogP contribution < -0.4 is 15.4 Å². The first-order chi connectivity index (χ1) is 14.6. The predicted molar refractivity (Wildman–Crippen MR) is 112 cm³/mol. The van der Waals surface area contributed by atoms with Crippen molar-refractivity contribution in [1.82, 2.24) is 15.8 Å². The largest absolute Gasteiger partial charge is 0.497 e. The van der Waals surface area contributed by atoms with Gasteiger partial charge in [0.1, 0.15) is 5.75 Å². The lowest BCUT2D eigenvalue weighted by molar-refractivity contribution is 0.0905. The number of hydrogen-bond acceptors (Lipinski definition) is 6. The van der Waals surface area contributed by atoms with Crippen LogP contribution in [0.3, 0.4) is 0 Å². The van der Waals surface area contributed by atoms with Gasteiger partial charge in [-0.15, -0.1) is 0 Å². The molecule has 1 unspecified atom stereocenters. The van der Waals surface area contributed by atoms with Crippen molar-refractivity contribution in [2.24, 2.45) is 0 Å². The number of amides is 1. The summed E-state index contributed by atoms with van der Waals surface area (Å²) in [6.45, 7) is 0.547. The Kier molecular flexibility index (Phi) is 6.11. The summed E-state index contributed by atoms with van der Waals surface area (Å²) in [5.74, 6) is 0.844. The molecule has 0 saturated heterocycles. The predicted octanol–water partition coefficient (Wildman–Crippen LogP) is 2.20. The molecular weight excluding hydrogens is 382 g/mol. The maximum absolute atomic E-state index is 12.3. The van der Waals surface area contributed by atoms with E-state index in [9.17, 15) is 9.90 Å². The van der Waals surface area contributed by atoms with Crippen molar-refractivity contribution < 1.29 is 19.2 Å². The first-order valence-corrected chi connectivity index (χ1v) is 10.00. The summed E-state index contributed by atoms with van der Waals surface area (Å²) in [6, 6.07) is 17.6. The van der Waals surface area contributed by atoms with Crippen LogP contribution in [0.15, 0.2) is 59.1 Å². The molecule has 2 aromatic carbocycles. The third-order valence-corrected chi connectivity index (χ3v) is 5.31. The monoisotopic (exact) mass is 407 g/mol. The van der Waals surface area contributed by atoms with Gasteiger partial charge in [-0.3, -0.25) is 4.79 Å². The Labute approximate surface area is 175 Å². The van der Waals surface area contributed by atoms with Crippen molar-refractivity contribution in [1.29, 1.82) is 0 Å². The fourth-order valence-electron chi connectivity index (χ4n) is 3.65. The molecule has 0 bridgehead atoms. The molecule has 30 heavy (non-hydrogen) atoms. The van der Waals surface area contributed by atoms with Gasteiger partial charge in [-0.05, 0) is 48.2 Å². The molecule has 1 amide bonds. The average Bonchev–Trinajstić information content (AvgIpc) is 3.43. The first kappa shape index (κ1) is 20.1. The highest BCUT2D eigenvalue weighted by molar-refractivity contribution is 5.93. The van der Waals surface area contributed by atoms with Gasteiger partial charge in [0.2, 0.25) is 0 Å². The molecule has 1 aromatic heterocycles. The lowest BCUT2D eigenvalue weighted by Crippen LogP contribution is -2.41. The Hall–Kier alpha value is -3.16. The summed E-state index contributed by atoms with van der Waals surface area (Å²) in [5.41, 5.74) is 3.68. The Balaban J connectivity index is 1.23. The molecule has 1 aliphatic rings.